The number of nitrogens with zero attached hydrogens (tertiary/aromatic N) is 2. The van der Waals surface area contributed by atoms with E-state index in [-0.39, 0.29) is 11.9 Å². The fourth-order valence-electron chi connectivity index (χ4n) is 3.23. The van der Waals surface area contributed by atoms with Gasteiger partial charge < -0.3 is 4.90 Å². The molecule has 0 saturated heterocycles. The first-order valence-electron chi connectivity index (χ1n) is 8.00. The Morgan fingerprint density at radius 1 is 1.27 bits per heavy atom. The van der Waals surface area contributed by atoms with Gasteiger partial charge in [-0.3, -0.25) is 9.89 Å². The first-order valence-corrected chi connectivity index (χ1v) is 8.00. The van der Waals surface area contributed by atoms with Gasteiger partial charge in [0.05, 0.1) is 6.04 Å². The number of benzene rings is 1. The molecule has 0 spiro atoms. The Bertz CT molecular complexity index is 685. The fourth-order valence-corrected chi connectivity index (χ4v) is 3.23. The molecule has 0 aliphatic carbocycles. The van der Waals surface area contributed by atoms with Gasteiger partial charge in [-0.1, -0.05) is 45.0 Å². The van der Waals surface area contributed by atoms with Crippen molar-refractivity contribution in [2.24, 2.45) is 0 Å². The summed E-state index contributed by atoms with van der Waals surface area (Å²) in [5, 5.41) is 7.18. The third-order valence-electron chi connectivity index (χ3n) is 4.43. The van der Waals surface area contributed by atoms with E-state index in [1.54, 1.807) is 0 Å². The van der Waals surface area contributed by atoms with Gasteiger partial charge >= 0.3 is 0 Å². The van der Waals surface area contributed by atoms with Gasteiger partial charge in [0.25, 0.3) is 5.91 Å². The van der Waals surface area contributed by atoms with Crippen molar-refractivity contribution in [3.63, 3.8) is 0 Å². The van der Waals surface area contributed by atoms with Gasteiger partial charge in [-0.25, -0.2) is 0 Å². The van der Waals surface area contributed by atoms with Crippen LogP contribution in [0.5, 0.6) is 0 Å². The lowest BCUT2D eigenvalue weighted by atomic mass is 9.95. The van der Waals surface area contributed by atoms with Crippen LogP contribution in [0.25, 0.3) is 0 Å². The second-order valence-electron chi connectivity index (χ2n) is 6.33. The number of fused-ring (bicyclic) bond motifs is 1. The summed E-state index contributed by atoms with van der Waals surface area (Å²) in [4.78, 5) is 14.5. The zero-order valence-electron chi connectivity index (χ0n) is 13.7. The van der Waals surface area contributed by atoms with Crippen molar-refractivity contribution in [2.75, 3.05) is 6.54 Å². The van der Waals surface area contributed by atoms with Crippen molar-refractivity contribution in [1.29, 1.82) is 0 Å². The molecular weight excluding hydrogens is 274 g/mol. The van der Waals surface area contributed by atoms with Crippen LogP contribution in [0.2, 0.25) is 0 Å². The Hall–Kier alpha value is -2.10. The lowest BCUT2D eigenvalue weighted by Gasteiger charge is -2.26. The molecule has 1 aromatic heterocycles. The number of hydrogen-bond donors (Lipinski definition) is 1. The van der Waals surface area contributed by atoms with E-state index < -0.39 is 0 Å². The van der Waals surface area contributed by atoms with Crippen molar-refractivity contribution >= 4 is 5.91 Å². The van der Waals surface area contributed by atoms with Gasteiger partial charge in [0.2, 0.25) is 0 Å². The molecular formula is C18H23N3O. The van der Waals surface area contributed by atoms with E-state index >= 15 is 0 Å². The van der Waals surface area contributed by atoms with Crippen LogP contribution >= 0.6 is 0 Å². The highest BCUT2D eigenvalue weighted by Crippen LogP contribution is 2.39. The lowest BCUT2D eigenvalue weighted by Crippen LogP contribution is -2.30. The monoisotopic (exact) mass is 297 g/mol. The lowest BCUT2D eigenvalue weighted by molar-refractivity contribution is 0.0743. The first-order chi connectivity index (χ1) is 10.5. The average molecular weight is 297 g/mol. The zero-order valence-corrected chi connectivity index (χ0v) is 13.7. The molecule has 3 rings (SSSR count). The highest BCUT2D eigenvalue weighted by atomic mass is 16.2. The molecule has 22 heavy (non-hydrogen) atoms. The second-order valence-corrected chi connectivity index (χ2v) is 6.33. The number of hydrogen-bond acceptors (Lipinski definition) is 2. The normalized spacial score (nSPS) is 17.4. The third kappa shape index (κ3) is 2.23. The van der Waals surface area contributed by atoms with E-state index in [0.29, 0.717) is 11.6 Å². The molecule has 1 aliphatic heterocycles. The van der Waals surface area contributed by atoms with E-state index in [2.05, 4.69) is 55.2 Å². The first kappa shape index (κ1) is 14.8. The molecule has 4 nitrogen and oxygen atoms in total. The molecule has 1 atom stereocenters. The number of amides is 1. The Labute approximate surface area is 131 Å². The summed E-state index contributed by atoms with van der Waals surface area (Å²) in [5.41, 5.74) is 5.09. The van der Waals surface area contributed by atoms with E-state index in [0.717, 1.165) is 29.8 Å². The summed E-state index contributed by atoms with van der Waals surface area (Å²) in [6.45, 7) is 9.22. The predicted octanol–water partition coefficient (Wildman–Crippen LogP) is 3.80. The van der Waals surface area contributed by atoms with Crippen LogP contribution in [0.3, 0.4) is 0 Å². The summed E-state index contributed by atoms with van der Waals surface area (Å²) in [7, 11) is 0. The van der Waals surface area contributed by atoms with Crippen LogP contribution in [-0.4, -0.2) is 27.5 Å². The summed E-state index contributed by atoms with van der Waals surface area (Å²) in [5.74, 6) is 0.552. The van der Waals surface area contributed by atoms with Gasteiger partial charge in [0, 0.05) is 17.8 Å². The van der Waals surface area contributed by atoms with E-state index in [9.17, 15) is 4.79 Å². The molecule has 1 aliphatic rings. The van der Waals surface area contributed by atoms with Crippen LogP contribution in [0.1, 0.15) is 72.0 Å². The number of nitrogens with one attached hydrogen (secondary N) is 1. The summed E-state index contributed by atoms with van der Waals surface area (Å²) in [6.07, 6.45) is 0.944. The maximum Gasteiger partial charge on any atom is 0.275 e. The second kappa shape index (κ2) is 5.59. The molecule has 4 heteroatoms. The van der Waals surface area contributed by atoms with Crippen LogP contribution in [0.4, 0.5) is 0 Å². The minimum atomic E-state index is -0.0117. The molecule has 1 aromatic carbocycles. The predicted molar refractivity (Wildman–Crippen MR) is 87.0 cm³/mol. The van der Waals surface area contributed by atoms with Gasteiger partial charge in [0.1, 0.15) is 0 Å². The van der Waals surface area contributed by atoms with Crippen LogP contribution in [0, 0.1) is 6.92 Å². The molecule has 0 saturated carbocycles. The number of aryl methyl sites for hydroxylation is 1. The number of H-pyrrole nitrogens is 1. The standard InChI is InChI=1S/C18H23N3O/c1-5-10-21-17(14-8-6-13(7-9-14)11(2)3)15-12(4)19-20-16(15)18(21)22/h6-9,11,17H,5,10H2,1-4H3,(H,19,20)/t17-/m1/s1. The molecule has 2 heterocycles. The highest BCUT2D eigenvalue weighted by Gasteiger charge is 2.40. The maximum atomic E-state index is 12.6. The van der Waals surface area contributed by atoms with Crippen molar-refractivity contribution in [1.82, 2.24) is 15.1 Å². The van der Waals surface area contributed by atoms with Gasteiger partial charge in [-0.2, -0.15) is 5.10 Å². The Morgan fingerprint density at radius 2 is 1.95 bits per heavy atom. The van der Waals surface area contributed by atoms with Gasteiger partial charge in [-0.05, 0) is 30.4 Å². The van der Waals surface area contributed by atoms with Crippen molar-refractivity contribution in [3.05, 3.63) is 52.3 Å². The largest absolute Gasteiger partial charge is 0.326 e. The summed E-state index contributed by atoms with van der Waals surface area (Å²) >= 11 is 0. The summed E-state index contributed by atoms with van der Waals surface area (Å²) in [6, 6.07) is 8.63. The molecule has 1 N–H and O–H groups in total. The van der Waals surface area contributed by atoms with Crippen LogP contribution < -0.4 is 0 Å². The third-order valence-corrected chi connectivity index (χ3v) is 4.43. The van der Waals surface area contributed by atoms with Gasteiger partial charge in [0.15, 0.2) is 5.69 Å². The van der Waals surface area contributed by atoms with E-state index in [1.165, 1.54) is 5.56 Å². The molecule has 0 radical (unpaired) electrons. The topological polar surface area (TPSA) is 49.0 Å². The number of aromatic nitrogens is 2. The van der Waals surface area contributed by atoms with E-state index in [4.69, 9.17) is 0 Å². The fraction of sp³-hybridized carbons (Fsp3) is 0.444. The molecule has 1 amide bonds. The maximum absolute atomic E-state index is 12.6. The number of aromatic amines is 1. The van der Waals surface area contributed by atoms with Gasteiger partial charge in [-0.15, -0.1) is 0 Å². The number of carbonyl (C=O) groups is 1. The SMILES string of the molecule is CCCN1C(=O)c2n[nH]c(C)c2[C@H]1c1ccc(C(C)C)cc1. The van der Waals surface area contributed by atoms with Crippen molar-refractivity contribution < 1.29 is 4.79 Å². The minimum absolute atomic E-state index is 0.0117. The molecule has 0 unspecified atom stereocenters. The number of carbonyl (C=O) groups excluding carboxylic acids is 1. The number of rotatable bonds is 4. The van der Waals surface area contributed by atoms with Crippen molar-refractivity contribution in [2.45, 2.75) is 46.1 Å². The molecule has 0 bridgehead atoms. The van der Waals surface area contributed by atoms with Crippen molar-refractivity contribution in [3.8, 4) is 0 Å². The Morgan fingerprint density at radius 3 is 2.55 bits per heavy atom. The zero-order chi connectivity index (χ0) is 15.9. The molecule has 2 aromatic rings. The Balaban J connectivity index is 2.05. The Kier molecular flexibility index (Phi) is 3.77. The molecule has 116 valence electrons. The summed E-state index contributed by atoms with van der Waals surface area (Å²) < 4.78 is 0. The average Bonchev–Trinajstić information content (AvgIpc) is 3.00. The van der Waals surface area contributed by atoms with E-state index in [1.807, 2.05) is 11.8 Å². The smallest absolute Gasteiger partial charge is 0.275 e. The van der Waals surface area contributed by atoms with Crippen LogP contribution in [-0.2, 0) is 0 Å². The minimum Gasteiger partial charge on any atom is -0.326 e. The molecule has 0 fully saturated rings. The quantitative estimate of drug-likeness (QED) is 0.933. The highest BCUT2D eigenvalue weighted by molar-refractivity contribution is 5.98. The van der Waals surface area contributed by atoms with Crippen LogP contribution in [0.15, 0.2) is 24.3 Å².